The fourth-order valence-electron chi connectivity index (χ4n) is 6.71. The highest BCUT2D eigenvalue weighted by atomic mass is 16.5. The molecule has 1 aliphatic rings. The highest BCUT2D eigenvalue weighted by Crippen LogP contribution is 2.32. The standard InChI is InChI=1S/C39H52N4O5/c1-5-48-33-18-12-17-32(23-33)26-40-27-36(45)34(24-31-15-10-7-11-16-31)41-37(46)35(20-19-30-13-8-6-9-14-30)43-22-21-39(38(43)47,25-28(2)3)42-29(4)44/h6-18,23,28,34-36,40,45H,5,19-22,24-27H2,1-4H3,(H,41,46)(H,42,44)/t34-,35-,36+,39+/m0/s1. The number of carbonyl (C=O) groups is 3. The second kappa shape index (κ2) is 17.8. The molecule has 0 radical (unpaired) electrons. The smallest absolute Gasteiger partial charge is 0.249 e. The third-order valence-electron chi connectivity index (χ3n) is 8.83. The zero-order chi connectivity index (χ0) is 34.5. The van der Waals surface area contributed by atoms with Gasteiger partial charge in [-0.05, 0) is 73.8 Å². The van der Waals surface area contributed by atoms with E-state index in [9.17, 15) is 19.5 Å². The van der Waals surface area contributed by atoms with E-state index in [4.69, 9.17) is 4.74 Å². The van der Waals surface area contributed by atoms with E-state index in [2.05, 4.69) is 16.0 Å². The molecule has 3 aromatic rings. The van der Waals surface area contributed by atoms with Crippen LogP contribution in [0.15, 0.2) is 84.9 Å². The van der Waals surface area contributed by atoms with Crippen LogP contribution in [-0.2, 0) is 33.8 Å². The van der Waals surface area contributed by atoms with Crippen molar-refractivity contribution < 1.29 is 24.2 Å². The van der Waals surface area contributed by atoms with Gasteiger partial charge in [-0.2, -0.15) is 0 Å². The molecule has 0 bridgehead atoms. The van der Waals surface area contributed by atoms with Gasteiger partial charge in [-0.15, -0.1) is 0 Å². The normalized spacial score (nSPS) is 18.0. The molecule has 0 aromatic heterocycles. The number of ether oxygens (including phenoxy) is 1. The van der Waals surface area contributed by atoms with Gasteiger partial charge in [0.25, 0.3) is 0 Å². The quantitative estimate of drug-likeness (QED) is 0.161. The van der Waals surface area contributed by atoms with Crippen molar-refractivity contribution in [2.24, 2.45) is 5.92 Å². The van der Waals surface area contributed by atoms with Gasteiger partial charge in [-0.1, -0.05) is 86.6 Å². The third-order valence-corrected chi connectivity index (χ3v) is 8.83. The zero-order valence-electron chi connectivity index (χ0n) is 28.8. The van der Waals surface area contributed by atoms with E-state index in [1.165, 1.54) is 6.92 Å². The van der Waals surface area contributed by atoms with Gasteiger partial charge >= 0.3 is 0 Å². The Bertz CT molecular complexity index is 1470. The number of hydrogen-bond acceptors (Lipinski definition) is 6. The number of benzene rings is 3. The predicted octanol–water partition coefficient (Wildman–Crippen LogP) is 4.42. The maximum Gasteiger partial charge on any atom is 0.249 e. The molecule has 4 atom stereocenters. The summed E-state index contributed by atoms with van der Waals surface area (Å²) < 4.78 is 5.62. The number of carbonyl (C=O) groups excluding carboxylic acids is 3. The fourth-order valence-corrected chi connectivity index (χ4v) is 6.71. The van der Waals surface area contributed by atoms with Crippen LogP contribution >= 0.6 is 0 Å². The highest BCUT2D eigenvalue weighted by molar-refractivity contribution is 5.96. The van der Waals surface area contributed by atoms with Crippen molar-refractivity contribution in [2.75, 3.05) is 19.7 Å². The molecule has 9 heteroatoms. The van der Waals surface area contributed by atoms with E-state index < -0.39 is 23.7 Å². The van der Waals surface area contributed by atoms with Crippen LogP contribution in [0.5, 0.6) is 5.75 Å². The summed E-state index contributed by atoms with van der Waals surface area (Å²) in [4.78, 5) is 42.4. The number of amides is 3. The van der Waals surface area contributed by atoms with Crippen molar-refractivity contribution in [3.8, 4) is 5.75 Å². The fraction of sp³-hybridized carbons (Fsp3) is 0.462. The SMILES string of the molecule is CCOc1cccc(CNC[C@@H](O)[C@H](Cc2ccccc2)NC(=O)[C@H](CCc2ccccc2)N2CC[C@](CC(C)C)(NC(C)=O)C2=O)c1. The lowest BCUT2D eigenvalue weighted by atomic mass is 9.87. The Labute approximate surface area is 285 Å². The van der Waals surface area contributed by atoms with Gasteiger partial charge in [0.1, 0.15) is 17.3 Å². The summed E-state index contributed by atoms with van der Waals surface area (Å²) in [5, 5.41) is 20.9. The third kappa shape index (κ3) is 10.4. The van der Waals surface area contributed by atoms with Crippen molar-refractivity contribution in [3.05, 3.63) is 102 Å². The summed E-state index contributed by atoms with van der Waals surface area (Å²) in [7, 11) is 0. The Kier molecular flexibility index (Phi) is 13.6. The maximum absolute atomic E-state index is 14.3. The zero-order valence-corrected chi connectivity index (χ0v) is 28.8. The minimum Gasteiger partial charge on any atom is -0.494 e. The van der Waals surface area contributed by atoms with Crippen LogP contribution in [0.4, 0.5) is 0 Å². The average Bonchev–Trinajstić information content (AvgIpc) is 3.35. The molecular weight excluding hydrogens is 604 g/mol. The number of aliphatic hydroxyl groups is 1. The van der Waals surface area contributed by atoms with Crippen LogP contribution in [-0.4, -0.2) is 71.2 Å². The first-order valence-electron chi connectivity index (χ1n) is 17.2. The van der Waals surface area contributed by atoms with Crippen LogP contribution in [0.2, 0.25) is 0 Å². The first-order valence-corrected chi connectivity index (χ1v) is 17.2. The first-order chi connectivity index (χ1) is 23.1. The number of nitrogens with zero attached hydrogens (tertiary/aromatic N) is 1. The van der Waals surface area contributed by atoms with Crippen molar-refractivity contribution >= 4 is 17.7 Å². The Morgan fingerprint density at radius 1 is 0.958 bits per heavy atom. The van der Waals surface area contributed by atoms with Crippen molar-refractivity contribution in [1.82, 2.24) is 20.9 Å². The van der Waals surface area contributed by atoms with Gasteiger partial charge in [0.15, 0.2) is 0 Å². The molecule has 0 aliphatic carbocycles. The van der Waals surface area contributed by atoms with Crippen molar-refractivity contribution in [3.63, 3.8) is 0 Å². The second-order valence-electron chi connectivity index (χ2n) is 13.2. The minimum atomic E-state index is -1.04. The molecule has 0 unspecified atom stereocenters. The molecule has 258 valence electrons. The van der Waals surface area contributed by atoms with Crippen LogP contribution in [0.3, 0.4) is 0 Å². The molecule has 4 N–H and O–H groups in total. The topological polar surface area (TPSA) is 120 Å². The highest BCUT2D eigenvalue weighted by Gasteiger charge is 2.50. The second-order valence-corrected chi connectivity index (χ2v) is 13.2. The number of nitrogens with one attached hydrogen (secondary N) is 3. The number of aliphatic hydroxyl groups excluding tert-OH is 1. The summed E-state index contributed by atoms with van der Waals surface area (Å²) in [6, 6.07) is 26.1. The van der Waals surface area contributed by atoms with E-state index in [0.29, 0.717) is 51.8 Å². The molecule has 1 heterocycles. The summed E-state index contributed by atoms with van der Waals surface area (Å²) in [5.41, 5.74) is 2.02. The molecule has 1 aliphatic heterocycles. The lowest BCUT2D eigenvalue weighted by molar-refractivity contribution is -0.143. The summed E-state index contributed by atoms with van der Waals surface area (Å²) in [5.74, 6) is 0.152. The van der Waals surface area contributed by atoms with E-state index in [1.807, 2.05) is 106 Å². The van der Waals surface area contributed by atoms with E-state index >= 15 is 0 Å². The Morgan fingerprint density at radius 2 is 1.62 bits per heavy atom. The predicted molar refractivity (Wildman–Crippen MR) is 188 cm³/mol. The van der Waals surface area contributed by atoms with Gasteiger partial charge in [-0.25, -0.2) is 0 Å². The number of aryl methyl sites for hydroxylation is 1. The summed E-state index contributed by atoms with van der Waals surface area (Å²) >= 11 is 0. The molecule has 0 spiro atoms. The molecule has 1 fully saturated rings. The van der Waals surface area contributed by atoms with Gasteiger partial charge in [-0.3, -0.25) is 14.4 Å². The van der Waals surface area contributed by atoms with Crippen LogP contribution < -0.4 is 20.7 Å². The van der Waals surface area contributed by atoms with Crippen LogP contribution in [0, 0.1) is 5.92 Å². The maximum atomic E-state index is 14.3. The number of rotatable bonds is 18. The minimum absolute atomic E-state index is 0.164. The molecule has 48 heavy (non-hydrogen) atoms. The molecule has 3 amide bonds. The van der Waals surface area contributed by atoms with Crippen molar-refractivity contribution in [2.45, 2.75) is 90.1 Å². The summed E-state index contributed by atoms with van der Waals surface area (Å²) in [6.07, 6.45) is 1.42. The Balaban J connectivity index is 1.54. The van der Waals surface area contributed by atoms with Gasteiger partial charge in [0.05, 0.1) is 18.8 Å². The van der Waals surface area contributed by atoms with E-state index in [-0.39, 0.29) is 30.2 Å². The summed E-state index contributed by atoms with van der Waals surface area (Å²) in [6.45, 7) is 9.12. The number of hydrogen-bond donors (Lipinski definition) is 4. The lowest BCUT2D eigenvalue weighted by Crippen LogP contribution is -2.59. The first kappa shape index (κ1) is 36.6. The molecule has 9 nitrogen and oxygen atoms in total. The molecule has 4 rings (SSSR count). The molecule has 1 saturated heterocycles. The Hall–Kier alpha value is -4.21. The van der Waals surface area contributed by atoms with E-state index in [1.54, 1.807) is 4.90 Å². The van der Waals surface area contributed by atoms with Gasteiger partial charge in [0.2, 0.25) is 17.7 Å². The van der Waals surface area contributed by atoms with Crippen LogP contribution in [0.25, 0.3) is 0 Å². The molecule has 0 saturated carbocycles. The molecule has 3 aromatic carbocycles. The van der Waals surface area contributed by atoms with Crippen molar-refractivity contribution in [1.29, 1.82) is 0 Å². The van der Waals surface area contributed by atoms with Crippen LogP contribution in [0.1, 0.15) is 63.6 Å². The Morgan fingerprint density at radius 3 is 2.27 bits per heavy atom. The number of likely N-dealkylation sites (tertiary alicyclic amines) is 1. The molecular formula is C39H52N4O5. The van der Waals surface area contributed by atoms with Gasteiger partial charge in [0, 0.05) is 26.6 Å². The lowest BCUT2D eigenvalue weighted by Gasteiger charge is -2.34. The van der Waals surface area contributed by atoms with Gasteiger partial charge < -0.3 is 30.7 Å². The monoisotopic (exact) mass is 656 g/mol. The largest absolute Gasteiger partial charge is 0.494 e. The average molecular weight is 657 g/mol. The van der Waals surface area contributed by atoms with E-state index in [0.717, 1.165) is 22.4 Å².